The molecule has 2 aromatic rings. The smallest absolute Gasteiger partial charge is 0.345 e. The van der Waals surface area contributed by atoms with Gasteiger partial charge in [-0.1, -0.05) is 0 Å². The molecule has 2 N–H and O–H groups in total. The Morgan fingerprint density at radius 2 is 2.05 bits per heavy atom. The number of carbonyl (C=O) groups is 1. The number of nitrogens with zero attached hydrogens (tertiary/aromatic N) is 1. The van der Waals surface area contributed by atoms with E-state index in [4.69, 9.17) is 5.11 Å². The van der Waals surface area contributed by atoms with E-state index in [1.807, 2.05) is 0 Å². The third-order valence-corrected chi connectivity index (χ3v) is 5.06. The number of sulfonamides is 1. The summed E-state index contributed by atoms with van der Waals surface area (Å²) in [5.41, 5.74) is 0.972. The molecule has 20 heavy (non-hydrogen) atoms. The second kappa shape index (κ2) is 6.12. The molecule has 0 radical (unpaired) electrons. The van der Waals surface area contributed by atoms with Crippen LogP contribution >= 0.6 is 11.3 Å². The van der Waals surface area contributed by atoms with Gasteiger partial charge in [0.05, 0.1) is 4.90 Å². The van der Waals surface area contributed by atoms with Crippen molar-refractivity contribution in [2.45, 2.75) is 11.3 Å². The maximum atomic E-state index is 11.9. The predicted molar refractivity (Wildman–Crippen MR) is 74.4 cm³/mol. The van der Waals surface area contributed by atoms with E-state index in [2.05, 4.69) is 9.71 Å². The van der Waals surface area contributed by atoms with Gasteiger partial charge in [-0.3, -0.25) is 4.98 Å². The third-order valence-electron chi connectivity index (χ3n) is 2.55. The molecule has 0 aliphatic carbocycles. The molecule has 2 rings (SSSR count). The van der Waals surface area contributed by atoms with E-state index in [9.17, 15) is 13.2 Å². The highest BCUT2D eigenvalue weighted by Gasteiger charge is 2.17. The first-order valence-corrected chi connectivity index (χ1v) is 8.06. The lowest BCUT2D eigenvalue weighted by atomic mass is 10.2. The summed E-state index contributed by atoms with van der Waals surface area (Å²) in [5.74, 6) is -1.13. The lowest BCUT2D eigenvalue weighted by molar-refractivity contribution is 0.0702. The van der Waals surface area contributed by atoms with E-state index < -0.39 is 16.0 Å². The lowest BCUT2D eigenvalue weighted by Gasteiger charge is -2.04. The number of pyridine rings is 1. The summed E-state index contributed by atoms with van der Waals surface area (Å²) in [6.07, 6.45) is 3.82. The van der Waals surface area contributed by atoms with Crippen molar-refractivity contribution >= 4 is 27.3 Å². The molecule has 106 valence electrons. The third kappa shape index (κ3) is 3.62. The number of nitrogens with one attached hydrogen (secondary N) is 1. The molecule has 0 unspecified atom stereocenters. The van der Waals surface area contributed by atoms with Gasteiger partial charge in [0.1, 0.15) is 4.88 Å². The minimum Gasteiger partial charge on any atom is -0.477 e. The molecule has 8 heteroatoms. The number of carboxylic acids is 1. The van der Waals surface area contributed by atoms with E-state index >= 15 is 0 Å². The monoisotopic (exact) mass is 312 g/mol. The van der Waals surface area contributed by atoms with Gasteiger partial charge >= 0.3 is 5.97 Å². The molecule has 0 aliphatic rings. The van der Waals surface area contributed by atoms with Crippen molar-refractivity contribution in [2.24, 2.45) is 0 Å². The molecule has 0 atom stereocenters. The van der Waals surface area contributed by atoms with Gasteiger partial charge in [0.25, 0.3) is 0 Å². The molecular weight excluding hydrogens is 300 g/mol. The van der Waals surface area contributed by atoms with Crippen molar-refractivity contribution < 1.29 is 18.3 Å². The largest absolute Gasteiger partial charge is 0.477 e. The number of rotatable bonds is 6. The second-order valence-electron chi connectivity index (χ2n) is 3.96. The fourth-order valence-electron chi connectivity index (χ4n) is 1.53. The second-order valence-corrected chi connectivity index (χ2v) is 6.63. The average molecular weight is 312 g/mol. The van der Waals surface area contributed by atoms with Crippen LogP contribution in [0.15, 0.2) is 40.9 Å². The fourth-order valence-corrected chi connectivity index (χ4v) is 3.68. The van der Waals surface area contributed by atoms with E-state index in [1.54, 1.807) is 24.5 Å². The average Bonchev–Trinajstić information content (AvgIpc) is 2.90. The zero-order valence-corrected chi connectivity index (χ0v) is 11.9. The topological polar surface area (TPSA) is 96.4 Å². The van der Waals surface area contributed by atoms with Gasteiger partial charge in [0.2, 0.25) is 10.0 Å². The SMILES string of the molecule is O=C(O)c1cc(S(=O)(=O)NCCc2ccncc2)cs1. The van der Waals surface area contributed by atoms with Crippen LogP contribution in [-0.4, -0.2) is 31.0 Å². The number of hydrogen-bond acceptors (Lipinski definition) is 5. The molecule has 6 nitrogen and oxygen atoms in total. The quantitative estimate of drug-likeness (QED) is 0.839. The molecule has 2 heterocycles. The number of hydrogen-bond donors (Lipinski definition) is 2. The number of aromatic carboxylic acids is 1. The van der Waals surface area contributed by atoms with E-state index in [0.717, 1.165) is 23.0 Å². The normalized spacial score (nSPS) is 11.4. The van der Waals surface area contributed by atoms with Crippen molar-refractivity contribution in [2.75, 3.05) is 6.54 Å². The maximum Gasteiger partial charge on any atom is 0.345 e. The summed E-state index contributed by atoms with van der Waals surface area (Å²) in [4.78, 5) is 14.6. The van der Waals surface area contributed by atoms with Gasteiger partial charge in [0, 0.05) is 24.3 Å². The van der Waals surface area contributed by atoms with Crippen molar-refractivity contribution in [3.05, 3.63) is 46.4 Å². The Bertz CT molecular complexity index is 695. The maximum absolute atomic E-state index is 11.9. The van der Waals surface area contributed by atoms with Crippen LogP contribution in [0, 0.1) is 0 Å². The Labute approximate surface area is 120 Å². The van der Waals surface area contributed by atoms with Crippen LogP contribution in [0.25, 0.3) is 0 Å². The standard InChI is InChI=1S/C12H12N2O4S2/c15-12(16)11-7-10(8-19-11)20(17,18)14-6-3-9-1-4-13-5-2-9/h1-2,4-5,7-8,14H,3,6H2,(H,15,16). The van der Waals surface area contributed by atoms with Gasteiger partial charge in [0.15, 0.2) is 0 Å². The zero-order chi connectivity index (χ0) is 14.6. The molecule has 2 aromatic heterocycles. The van der Waals surface area contributed by atoms with Crippen molar-refractivity contribution in [1.82, 2.24) is 9.71 Å². The van der Waals surface area contributed by atoms with Gasteiger partial charge < -0.3 is 5.11 Å². The predicted octanol–water partition coefficient (Wildman–Crippen LogP) is 1.36. The molecule has 0 spiro atoms. The zero-order valence-electron chi connectivity index (χ0n) is 10.3. The van der Waals surface area contributed by atoms with Crippen LogP contribution in [0.4, 0.5) is 0 Å². The van der Waals surface area contributed by atoms with Crippen molar-refractivity contribution in [1.29, 1.82) is 0 Å². The van der Waals surface area contributed by atoms with Crippen LogP contribution in [-0.2, 0) is 16.4 Å². The summed E-state index contributed by atoms with van der Waals surface area (Å²) >= 11 is 0.887. The molecule has 0 amide bonds. The van der Waals surface area contributed by atoms with Gasteiger partial charge in [-0.2, -0.15) is 0 Å². The van der Waals surface area contributed by atoms with E-state index in [-0.39, 0.29) is 16.3 Å². The number of aromatic nitrogens is 1. The Balaban J connectivity index is 1.98. The Kier molecular flexibility index (Phi) is 4.48. The summed E-state index contributed by atoms with van der Waals surface area (Å²) in [7, 11) is -3.66. The van der Waals surface area contributed by atoms with Crippen LogP contribution in [0.1, 0.15) is 15.2 Å². The summed E-state index contributed by atoms with van der Waals surface area (Å²) < 4.78 is 26.3. The van der Waals surface area contributed by atoms with E-state index in [0.29, 0.717) is 6.42 Å². The minimum atomic E-state index is -3.66. The highest BCUT2D eigenvalue weighted by Crippen LogP contribution is 2.19. The highest BCUT2D eigenvalue weighted by atomic mass is 32.2. The van der Waals surface area contributed by atoms with E-state index in [1.165, 1.54) is 5.38 Å². The van der Waals surface area contributed by atoms with Gasteiger partial charge in [-0.15, -0.1) is 11.3 Å². The molecule has 0 saturated heterocycles. The Hall–Kier alpha value is -1.77. The molecule has 0 bridgehead atoms. The lowest BCUT2D eigenvalue weighted by Crippen LogP contribution is -2.25. The van der Waals surface area contributed by atoms with Crippen molar-refractivity contribution in [3.63, 3.8) is 0 Å². The van der Waals surface area contributed by atoms with Gasteiger partial charge in [-0.05, 0) is 30.2 Å². The first-order chi connectivity index (χ1) is 9.49. The van der Waals surface area contributed by atoms with Crippen LogP contribution in [0.3, 0.4) is 0 Å². The van der Waals surface area contributed by atoms with Crippen LogP contribution in [0.2, 0.25) is 0 Å². The summed E-state index contributed by atoms with van der Waals surface area (Å²) in [5, 5.41) is 10.1. The first kappa shape index (κ1) is 14.6. The summed E-state index contributed by atoms with van der Waals surface area (Å²) in [6.45, 7) is 0.241. The molecule has 0 aliphatic heterocycles. The molecule has 0 aromatic carbocycles. The van der Waals surface area contributed by atoms with Crippen LogP contribution in [0.5, 0.6) is 0 Å². The highest BCUT2D eigenvalue weighted by molar-refractivity contribution is 7.89. The fraction of sp³-hybridized carbons (Fsp3) is 0.167. The van der Waals surface area contributed by atoms with Gasteiger partial charge in [-0.25, -0.2) is 17.9 Å². The Morgan fingerprint density at radius 3 is 2.65 bits per heavy atom. The van der Waals surface area contributed by atoms with Crippen molar-refractivity contribution in [3.8, 4) is 0 Å². The first-order valence-electron chi connectivity index (χ1n) is 5.69. The number of thiophene rings is 1. The minimum absolute atomic E-state index is 0.000455. The Morgan fingerprint density at radius 1 is 1.35 bits per heavy atom. The molecular formula is C12H12N2O4S2. The van der Waals surface area contributed by atoms with Crippen LogP contribution < -0.4 is 4.72 Å². The number of carboxylic acid groups (broad SMARTS) is 1. The summed E-state index contributed by atoms with van der Waals surface area (Å²) in [6, 6.07) is 4.77. The molecule has 0 fully saturated rings. The molecule has 0 saturated carbocycles.